The molecule has 11 heteroatoms. The maximum atomic E-state index is 14.5. The van der Waals surface area contributed by atoms with Crippen LogP contribution in [0.1, 0.15) is 0 Å². The molecule has 1 saturated heterocycles. The van der Waals surface area contributed by atoms with Crippen molar-refractivity contribution in [3.8, 4) is 11.1 Å². The topological polar surface area (TPSA) is 115 Å². The second-order valence-corrected chi connectivity index (χ2v) is 10.5. The summed E-state index contributed by atoms with van der Waals surface area (Å²) < 4.78 is 18.4. The fourth-order valence-electron chi connectivity index (χ4n) is 5.95. The molecule has 1 aliphatic heterocycles. The second-order valence-electron chi connectivity index (χ2n) is 10.5. The van der Waals surface area contributed by atoms with Gasteiger partial charge in [0.15, 0.2) is 5.82 Å². The molecule has 1 fully saturated rings. The third-order valence-electron chi connectivity index (χ3n) is 8.14. The Kier molecular flexibility index (Phi) is 5.82. The van der Waals surface area contributed by atoms with Crippen LogP contribution in [0.2, 0.25) is 0 Å². The first-order valence-corrected chi connectivity index (χ1v) is 13.5. The molecule has 0 aliphatic carbocycles. The van der Waals surface area contributed by atoms with Crippen molar-refractivity contribution in [3.05, 3.63) is 105 Å². The molecule has 10 nitrogen and oxygen atoms in total. The quantitative estimate of drug-likeness (QED) is 0.183. The predicted octanol–water partition coefficient (Wildman–Crippen LogP) is 4.96. The van der Waals surface area contributed by atoms with E-state index in [1.54, 1.807) is 6.07 Å². The highest BCUT2D eigenvalue weighted by Crippen LogP contribution is 2.31. The molecule has 0 atom stereocenters. The molecule has 7 rings (SSSR count). The molecule has 0 unspecified atom stereocenters. The number of anilines is 3. The lowest BCUT2D eigenvalue weighted by atomic mass is 10.0. The minimum atomic E-state index is -0.591. The third kappa shape index (κ3) is 4.00. The molecular weight excluding hydrogens is 537 g/mol. The number of nitrogens with two attached hydrogens (primary N) is 1. The van der Waals surface area contributed by atoms with Crippen LogP contribution in [-0.2, 0) is 7.05 Å². The summed E-state index contributed by atoms with van der Waals surface area (Å²) in [7, 11) is 1.90. The summed E-state index contributed by atoms with van der Waals surface area (Å²) in [5, 5.41) is 11.3. The van der Waals surface area contributed by atoms with E-state index < -0.39 is 10.7 Å². The molecular formula is C31H26FN7O3. The number of piperazine rings is 1. The Morgan fingerprint density at radius 2 is 1.57 bits per heavy atom. The molecule has 2 N–H and O–H groups in total. The Labute approximate surface area is 238 Å². The average molecular weight is 564 g/mol. The van der Waals surface area contributed by atoms with Gasteiger partial charge in [-0.2, -0.15) is 4.98 Å². The molecule has 0 spiro atoms. The SMILES string of the molecule is Cn1c2cc(-c3ccc(N4CCN(c5ccc([N+](=O)[O-])cc5F)CC4)cc3)ccc2n2c3cccc(N)c3c(=O)nc12. The number of nitrogen functional groups attached to an aromatic ring is 1. The summed E-state index contributed by atoms with van der Waals surface area (Å²) in [6.07, 6.45) is 0. The summed E-state index contributed by atoms with van der Waals surface area (Å²) in [6, 6.07) is 23.8. The van der Waals surface area contributed by atoms with Gasteiger partial charge in [-0.3, -0.25) is 19.3 Å². The predicted molar refractivity (Wildman–Crippen MR) is 163 cm³/mol. The van der Waals surface area contributed by atoms with Gasteiger partial charge in [0.2, 0.25) is 5.78 Å². The van der Waals surface area contributed by atoms with E-state index in [9.17, 15) is 19.3 Å². The highest BCUT2D eigenvalue weighted by atomic mass is 19.1. The van der Waals surface area contributed by atoms with Gasteiger partial charge in [0.25, 0.3) is 11.2 Å². The van der Waals surface area contributed by atoms with E-state index in [0.29, 0.717) is 48.7 Å². The van der Waals surface area contributed by atoms with E-state index in [-0.39, 0.29) is 11.2 Å². The lowest BCUT2D eigenvalue weighted by Gasteiger charge is -2.37. The van der Waals surface area contributed by atoms with Crippen LogP contribution in [0, 0.1) is 15.9 Å². The first-order valence-electron chi connectivity index (χ1n) is 13.5. The number of nitrogens with zero attached hydrogens (tertiary/aromatic N) is 6. The summed E-state index contributed by atoms with van der Waals surface area (Å²) in [5.74, 6) is -0.0293. The minimum absolute atomic E-state index is 0.250. The van der Waals surface area contributed by atoms with Gasteiger partial charge in [-0.15, -0.1) is 0 Å². The first-order chi connectivity index (χ1) is 20.3. The number of rotatable bonds is 4. The maximum Gasteiger partial charge on any atom is 0.284 e. The molecule has 3 heterocycles. The number of nitro groups is 1. The van der Waals surface area contributed by atoms with Crippen molar-refractivity contribution in [1.29, 1.82) is 0 Å². The smallest absolute Gasteiger partial charge is 0.284 e. The van der Waals surface area contributed by atoms with Gasteiger partial charge >= 0.3 is 0 Å². The van der Waals surface area contributed by atoms with Crippen LogP contribution in [0.5, 0.6) is 0 Å². The second kappa shape index (κ2) is 9.58. The van der Waals surface area contributed by atoms with Gasteiger partial charge in [-0.25, -0.2) is 4.39 Å². The fourth-order valence-corrected chi connectivity index (χ4v) is 5.95. The van der Waals surface area contributed by atoms with Crippen LogP contribution in [0.3, 0.4) is 0 Å². The maximum absolute atomic E-state index is 14.5. The third-order valence-corrected chi connectivity index (χ3v) is 8.14. The van der Waals surface area contributed by atoms with E-state index in [4.69, 9.17) is 5.73 Å². The molecule has 0 saturated carbocycles. The van der Waals surface area contributed by atoms with Crippen molar-refractivity contribution in [2.75, 3.05) is 41.7 Å². The van der Waals surface area contributed by atoms with Crippen LogP contribution >= 0.6 is 0 Å². The van der Waals surface area contributed by atoms with E-state index in [1.165, 1.54) is 12.1 Å². The zero-order chi connectivity index (χ0) is 29.1. The number of aromatic nitrogens is 3. The molecule has 2 aromatic heterocycles. The molecule has 0 bridgehead atoms. The van der Waals surface area contributed by atoms with Crippen molar-refractivity contribution in [1.82, 2.24) is 14.0 Å². The molecule has 0 radical (unpaired) electrons. The largest absolute Gasteiger partial charge is 0.398 e. The van der Waals surface area contributed by atoms with Gasteiger partial charge in [-0.1, -0.05) is 24.3 Å². The Morgan fingerprint density at radius 3 is 2.29 bits per heavy atom. The number of hydrogen-bond acceptors (Lipinski definition) is 7. The van der Waals surface area contributed by atoms with E-state index >= 15 is 0 Å². The van der Waals surface area contributed by atoms with Gasteiger partial charge in [0.05, 0.1) is 38.6 Å². The highest BCUT2D eigenvalue weighted by Gasteiger charge is 2.22. The Balaban J connectivity index is 1.14. The summed E-state index contributed by atoms with van der Waals surface area (Å²) in [4.78, 5) is 31.6. The van der Waals surface area contributed by atoms with Gasteiger partial charge in [0.1, 0.15) is 0 Å². The molecule has 0 amide bonds. The number of non-ortho nitro benzene ring substituents is 1. The van der Waals surface area contributed by atoms with Gasteiger partial charge < -0.3 is 20.1 Å². The average Bonchev–Trinajstić information content (AvgIpc) is 3.28. The van der Waals surface area contributed by atoms with Crippen molar-refractivity contribution in [3.63, 3.8) is 0 Å². The normalized spacial score (nSPS) is 13.9. The van der Waals surface area contributed by atoms with Crippen LogP contribution in [0.15, 0.2) is 83.7 Å². The Morgan fingerprint density at radius 1 is 0.857 bits per heavy atom. The van der Waals surface area contributed by atoms with Crippen molar-refractivity contribution >= 4 is 50.5 Å². The highest BCUT2D eigenvalue weighted by molar-refractivity contribution is 5.96. The van der Waals surface area contributed by atoms with Gasteiger partial charge in [0, 0.05) is 50.7 Å². The number of aryl methyl sites for hydroxylation is 1. The van der Waals surface area contributed by atoms with Gasteiger partial charge in [-0.05, 0) is 53.6 Å². The number of hydrogen-bond donors (Lipinski definition) is 1. The molecule has 4 aromatic carbocycles. The molecule has 6 aromatic rings. The number of benzene rings is 4. The Hall–Kier alpha value is -5.45. The summed E-state index contributed by atoms with van der Waals surface area (Å²) in [5.41, 5.74) is 12.1. The minimum Gasteiger partial charge on any atom is -0.398 e. The zero-order valence-electron chi connectivity index (χ0n) is 22.7. The van der Waals surface area contributed by atoms with Crippen molar-refractivity contribution in [2.24, 2.45) is 7.05 Å². The van der Waals surface area contributed by atoms with E-state index in [2.05, 4.69) is 46.3 Å². The van der Waals surface area contributed by atoms with Crippen LogP contribution in [0.25, 0.3) is 38.8 Å². The monoisotopic (exact) mass is 563 g/mol. The lowest BCUT2D eigenvalue weighted by molar-refractivity contribution is -0.385. The number of fused-ring (bicyclic) bond motifs is 5. The molecule has 1 aliphatic rings. The molecule has 42 heavy (non-hydrogen) atoms. The summed E-state index contributed by atoms with van der Waals surface area (Å²) in [6.45, 7) is 2.60. The standard InChI is InChI=1S/C31H26FN7O3/c1-35-28-17-20(7-11-26(28)38-27-4-2-3-24(33)29(27)30(40)34-31(35)38)19-5-8-21(9-6-19)36-13-15-37(16-14-36)25-12-10-22(39(41)42)18-23(25)32/h2-12,17-18H,13-16,33H2,1H3. The number of nitro benzene ring substituents is 1. The lowest BCUT2D eigenvalue weighted by Crippen LogP contribution is -2.46. The van der Waals surface area contributed by atoms with E-state index in [1.807, 2.05) is 39.1 Å². The van der Waals surface area contributed by atoms with Crippen LogP contribution in [0.4, 0.5) is 27.1 Å². The van der Waals surface area contributed by atoms with Crippen LogP contribution < -0.4 is 21.1 Å². The fraction of sp³-hybridized carbons (Fsp3) is 0.161. The number of halogens is 1. The van der Waals surface area contributed by atoms with E-state index in [0.717, 1.165) is 39.4 Å². The molecule has 210 valence electrons. The zero-order valence-corrected chi connectivity index (χ0v) is 22.7. The van der Waals surface area contributed by atoms with Crippen molar-refractivity contribution in [2.45, 2.75) is 0 Å². The number of imidazole rings is 1. The Bertz CT molecular complexity index is 2100. The first kappa shape index (κ1) is 25.5. The van der Waals surface area contributed by atoms with Crippen LogP contribution in [-0.4, -0.2) is 45.1 Å². The van der Waals surface area contributed by atoms with Crippen molar-refractivity contribution < 1.29 is 9.31 Å². The summed E-state index contributed by atoms with van der Waals surface area (Å²) >= 11 is 0.